The molecule has 2 atom stereocenters. The molecule has 5 aromatic carbocycles. The lowest BCUT2D eigenvalue weighted by atomic mass is 10.1. The van der Waals surface area contributed by atoms with Crippen molar-refractivity contribution in [3.63, 3.8) is 0 Å². The zero-order chi connectivity index (χ0) is 44.6. The number of rotatable bonds is 24. The molecule has 0 saturated carbocycles. The minimum atomic E-state index is -3.73. The monoisotopic (exact) mass is 870 g/mol. The molecule has 5 aromatic rings. The van der Waals surface area contributed by atoms with Gasteiger partial charge in [0.1, 0.15) is 28.8 Å². The van der Waals surface area contributed by atoms with Gasteiger partial charge in [-0.15, -0.1) is 0 Å². The maximum Gasteiger partial charge on any atom is 0.335 e. The van der Waals surface area contributed by atoms with Crippen molar-refractivity contribution >= 4 is 22.1 Å². The largest absolute Gasteiger partial charge is 0.508 e. The summed E-state index contributed by atoms with van der Waals surface area (Å²) in [6.07, 6.45) is 1.11. The second-order valence-corrected chi connectivity index (χ2v) is 15.4. The minimum absolute atomic E-state index is 0.183. The third-order valence-electron chi connectivity index (χ3n) is 9.11. The van der Waals surface area contributed by atoms with Crippen LogP contribution in [0.1, 0.15) is 55.5 Å². The van der Waals surface area contributed by atoms with Gasteiger partial charge >= 0.3 is 22.1 Å². The van der Waals surface area contributed by atoms with Crippen molar-refractivity contribution in [1.29, 1.82) is 0 Å². The summed E-state index contributed by atoms with van der Waals surface area (Å²) in [5, 5.41) is 9.28. The Hall–Kier alpha value is -5.89. The van der Waals surface area contributed by atoms with Crippen molar-refractivity contribution in [3.05, 3.63) is 155 Å². The zero-order valence-electron chi connectivity index (χ0n) is 35.9. The summed E-state index contributed by atoms with van der Waals surface area (Å²) < 4.78 is 62.5. The van der Waals surface area contributed by atoms with Crippen LogP contribution in [0.3, 0.4) is 0 Å². The summed E-state index contributed by atoms with van der Waals surface area (Å²) in [4.78, 5) is 23.9. The van der Waals surface area contributed by atoms with E-state index in [1.165, 1.54) is 0 Å². The molecular weight excluding hydrogens is 813 g/mol. The lowest BCUT2D eigenvalue weighted by molar-refractivity contribution is -0.157. The number of carbonyl (C=O) groups excluding carboxylic acids is 2. The summed E-state index contributed by atoms with van der Waals surface area (Å²) in [6, 6.07) is 38.1. The molecule has 0 saturated heterocycles. The standard InChI is InChI=1S/C28H32O7S.C21H26O5/c1-3-32-27(28(29)33-4-2)20-23-12-14-25(15-13-23)34-19-18-22-10-16-26(17-11-22)35-36(30,31)21-24-8-6-5-7-9-24;1-3-24-20(21(23)25-4-2)15-17-7-11-19(12-8-17)26-14-13-16-5-9-18(22)10-6-16/h5-17,27H,3-4,18-21H2,1-2H3;5-12,20,22H,3-4,13-15H2,1-2H3. The van der Waals surface area contributed by atoms with Crippen LogP contribution in [0.15, 0.2) is 127 Å². The topological polar surface area (TPSA) is 153 Å². The highest BCUT2D eigenvalue weighted by Gasteiger charge is 2.22. The Kier molecular flexibility index (Phi) is 20.8. The molecule has 0 heterocycles. The Labute approximate surface area is 365 Å². The molecule has 0 aliphatic carbocycles. The normalized spacial score (nSPS) is 11.9. The summed E-state index contributed by atoms with van der Waals surface area (Å²) in [6.45, 7) is 9.81. The van der Waals surface area contributed by atoms with Crippen LogP contribution >= 0.6 is 0 Å². The van der Waals surface area contributed by atoms with E-state index in [1.807, 2.05) is 92.7 Å². The van der Waals surface area contributed by atoms with Gasteiger partial charge in [0.25, 0.3) is 0 Å². The average Bonchev–Trinajstić information content (AvgIpc) is 3.26. The minimum Gasteiger partial charge on any atom is -0.508 e. The average molecular weight is 871 g/mol. The van der Waals surface area contributed by atoms with Crippen LogP contribution in [0.25, 0.3) is 0 Å². The molecule has 62 heavy (non-hydrogen) atoms. The first-order valence-corrected chi connectivity index (χ1v) is 22.4. The predicted octanol–water partition coefficient (Wildman–Crippen LogP) is 8.25. The van der Waals surface area contributed by atoms with E-state index in [1.54, 1.807) is 62.4 Å². The number of esters is 2. The van der Waals surface area contributed by atoms with Crippen molar-refractivity contribution in [1.82, 2.24) is 0 Å². The highest BCUT2D eigenvalue weighted by Crippen LogP contribution is 2.20. The van der Waals surface area contributed by atoms with Gasteiger partial charge in [0.15, 0.2) is 12.2 Å². The maximum absolute atomic E-state index is 12.3. The number of phenols is 1. The zero-order valence-corrected chi connectivity index (χ0v) is 36.7. The Morgan fingerprint density at radius 3 is 1.32 bits per heavy atom. The van der Waals surface area contributed by atoms with Crippen LogP contribution in [-0.4, -0.2) is 77.3 Å². The highest BCUT2D eigenvalue weighted by molar-refractivity contribution is 7.86. The van der Waals surface area contributed by atoms with Crippen molar-refractivity contribution in [2.24, 2.45) is 0 Å². The molecule has 0 aliphatic heterocycles. The molecular formula is C49H58O12S. The summed E-state index contributed by atoms with van der Waals surface area (Å²) in [7, 11) is -3.73. The highest BCUT2D eigenvalue weighted by atomic mass is 32.2. The molecule has 0 bridgehead atoms. The molecule has 13 heteroatoms. The van der Waals surface area contributed by atoms with Gasteiger partial charge in [0.2, 0.25) is 0 Å². The third-order valence-corrected chi connectivity index (χ3v) is 10.2. The molecule has 0 aliphatic rings. The smallest absolute Gasteiger partial charge is 0.335 e. The number of aromatic hydroxyl groups is 1. The van der Waals surface area contributed by atoms with Gasteiger partial charge in [-0.2, -0.15) is 8.42 Å². The van der Waals surface area contributed by atoms with Crippen LogP contribution in [0.5, 0.6) is 23.0 Å². The van der Waals surface area contributed by atoms with Gasteiger partial charge in [-0.3, -0.25) is 0 Å². The van der Waals surface area contributed by atoms with Crippen molar-refractivity contribution < 1.29 is 55.7 Å². The van der Waals surface area contributed by atoms with Gasteiger partial charge in [-0.25, -0.2) is 9.59 Å². The second kappa shape index (κ2) is 26.4. The fraction of sp³-hybridized carbons (Fsp3) is 0.347. The van der Waals surface area contributed by atoms with Crippen molar-refractivity contribution in [3.8, 4) is 23.0 Å². The number of hydrogen-bond donors (Lipinski definition) is 1. The Morgan fingerprint density at radius 1 is 0.500 bits per heavy atom. The van der Waals surface area contributed by atoms with Gasteiger partial charge in [-0.05, 0) is 104 Å². The summed E-state index contributed by atoms with van der Waals surface area (Å²) in [5.41, 5.74) is 4.71. The molecule has 5 rings (SSSR count). The van der Waals surface area contributed by atoms with Gasteiger partial charge in [0, 0.05) is 38.9 Å². The Balaban J connectivity index is 0.000000287. The van der Waals surface area contributed by atoms with E-state index >= 15 is 0 Å². The first kappa shape index (κ1) is 48.8. The number of benzene rings is 5. The van der Waals surface area contributed by atoms with Crippen LogP contribution in [0, 0.1) is 0 Å². The Bertz CT molecular complexity index is 2140. The number of ether oxygens (including phenoxy) is 6. The van der Waals surface area contributed by atoms with E-state index in [2.05, 4.69) is 0 Å². The molecule has 0 fully saturated rings. The van der Waals surface area contributed by atoms with Gasteiger partial charge in [0.05, 0.1) is 26.4 Å². The van der Waals surface area contributed by atoms with Crippen LogP contribution in [0.4, 0.5) is 0 Å². The van der Waals surface area contributed by atoms with Crippen LogP contribution in [-0.2, 0) is 70.1 Å². The van der Waals surface area contributed by atoms with Gasteiger partial charge < -0.3 is 37.7 Å². The quantitative estimate of drug-likeness (QED) is 0.0469. The van der Waals surface area contributed by atoms with E-state index in [0.29, 0.717) is 64.5 Å². The summed E-state index contributed by atoms with van der Waals surface area (Å²) in [5.74, 6) is 1.16. The number of carbonyl (C=O) groups is 2. The van der Waals surface area contributed by atoms with E-state index < -0.39 is 22.3 Å². The first-order chi connectivity index (χ1) is 30.0. The fourth-order valence-electron chi connectivity index (χ4n) is 6.07. The lowest BCUT2D eigenvalue weighted by Crippen LogP contribution is -2.28. The maximum atomic E-state index is 12.3. The molecule has 0 amide bonds. The Morgan fingerprint density at radius 2 is 0.903 bits per heavy atom. The van der Waals surface area contributed by atoms with E-state index in [0.717, 1.165) is 40.2 Å². The van der Waals surface area contributed by atoms with Crippen LogP contribution < -0.4 is 13.7 Å². The predicted molar refractivity (Wildman–Crippen MR) is 237 cm³/mol. The molecule has 332 valence electrons. The summed E-state index contributed by atoms with van der Waals surface area (Å²) >= 11 is 0. The molecule has 1 N–H and O–H groups in total. The molecule has 0 aromatic heterocycles. The SMILES string of the molecule is CCOC(=O)C(Cc1ccc(OCCc2ccc(O)cc2)cc1)OCC.CCOC(=O)C(Cc1ccc(OCCc2ccc(OS(=O)(=O)Cc3ccccc3)cc2)cc1)OCC. The van der Waals surface area contributed by atoms with Crippen molar-refractivity contribution in [2.45, 2.75) is 71.3 Å². The van der Waals surface area contributed by atoms with Crippen LogP contribution in [0.2, 0.25) is 0 Å². The molecule has 12 nitrogen and oxygen atoms in total. The number of phenolic OH excluding ortho intramolecular Hbond substituents is 1. The van der Waals surface area contributed by atoms with E-state index in [4.69, 9.17) is 32.6 Å². The number of hydrogen-bond acceptors (Lipinski definition) is 12. The first-order valence-electron chi connectivity index (χ1n) is 20.8. The molecule has 0 spiro atoms. The fourth-order valence-corrected chi connectivity index (χ4v) is 7.13. The second-order valence-electron chi connectivity index (χ2n) is 13.9. The molecule has 0 radical (unpaired) electrons. The van der Waals surface area contributed by atoms with Gasteiger partial charge in [-0.1, -0.05) is 78.9 Å². The van der Waals surface area contributed by atoms with E-state index in [9.17, 15) is 23.1 Å². The third kappa shape index (κ3) is 18.0. The molecule has 2 unspecified atom stereocenters. The lowest BCUT2D eigenvalue weighted by Gasteiger charge is -2.15. The van der Waals surface area contributed by atoms with E-state index in [-0.39, 0.29) is 29.2 Å². The van der Waals surface area contributed by atoms with Crippen molar-refractivity contribution in [2.75, 3.05) is 39.6 Å².